The molecule has 10 heteroatoms. The predicted octanol–water partition coefficient (Wildman–Crippen LogP) is 1.66. The third-order valence-corrected chi connectivity index (χ3v) is 8.13. The van der Waals surface area contributed by atoms with E-state index in [1.807, 2.05) is 12.3 Å². The number of rotatable bonds is 4. The molecule has 2 saturated heterocycles. The van der Waals surface area contributed by atoms with E-state index in [0.717, 1.165) is 22.9 Å². The topological polar surface area (TPSA) is 126 Å². The highest BCUT2D eigenvalue weighted by Crippen LogP contribution is 2.36. The molecule has 29 heavy (non-hydrogen) atoms. The van der Waals surface area contributed by atoms with Gasteiger partial charge < -0.3 is 10.1 Å². The number of benzene rings is 1. The number of phenolic OH excluding ortho intramolecular Hbond substituents is 1. The number of H-pyrrole nitrogens is 1. The van der Waals surface area contributed by atoms with E-state index in [1.165, 1.54) is 8.61 Å². The Kier molecular flexibility index (Phi) is 5.52. The van der Waals surface area contributed by atoms with Gasteiger partial charge in [0.1, 0.15) is 11.8 Å². The maximum atomic E-state index is 13.2. The molecule has 0 aliphatic carbocycles. The van der Waals surface area contributed by atoms with E-state index in [-0.39, 0.29) is 18.2 Å². The zero-order chi connectivity index (χ0) is 20.6. The van der Waals surface area contributed by atoms with Crippen molar-refractivity contribution >= 4 is 27.0 Å². The molecule has 1 unspecified atom stereocenters. The van der Waals surface area contributed by atoms with Gasteiger partial charge >= 0.3 is 0 Å². The van der Waals surface area contributed by atoms with Crippen LogP contribution >= 0.6 is 0 Å². The van der Waals surface area contributed by atoms with Crippen molar-refractivity contribution in [2.45, 2.75) is 44.1 Å². The molecule has 1 aromatic heterocycles. The van der Waals surface area contributed by atoms with E-state index >= 15 is 0 Å². The number of nitrogens with one attached hydrogen (secondary N) is 2. The molecule has 1 atom stereocenters. The first-order chi connectivity index (χ1) is 13.9. The minimum atomic E-state index is -3.78. The molecular formula is C19H26N4O5S. The van der Waals surface area contributed by atoms with Crippen LogP contribution < -0.4 is 5.48 Å². The van der Waals surface area contributed by atoms with Gasteiger partial charge in [0.05, 0.1) is 0 Å². The van der Waals surface area contributed by atoms with Crippen LogP contribution in [0.4, 0.5) is 0 Å². The lowest BCUT2D eigenvalue weighted by atomic mass is 9.90. The Hall–Kier alpha value is -2.14. The van der Waals surface area contributed by atoms with Crippen LogP contribution in [-0.4, -0.2) is 63.9 Å². The Morgan fingerprint density at radius 1 is 1.14 bits per heavy atom. The fraction of sp³-hybridized carbons (Fsp3) is 0.526. The van der Waals surface area contributed by atoms with Crippen molar-refractivity contribution in [2.24, 2.45) is 0 Å². The lowest BCUT2D eigenvalue weighted by molar-refractivity contribution is -0.134. The molecule has 2 aliphatic heterocycles. The van der Waals surface area contributed by atoms with Gasteiger partial charge in [-0.25, -0.2) is 5.48 Å². The molecule has 3 heterocycles. The maximum absolute atomic E-state index is 13.2. The van der Waals surface area contributed by atoms with E-state index in [9.17, 15) is 18.3 Å². The van der Waals surface area contributed by atoms with Crippen LogP contribution in [0, 0.1) is 0 Å². The summed E-state index contributed by atoms with van der Waals surface area (Å²) in [4.78, 5) is 15.2. The van der Waals surface area contributed by atoms with Crippen molar-refractivity contribution in [2.75, 3.05) is 19.6 Å². The smallest absolute Gasteiger partial charge is 0.282 e. The second kappa shape index (κ2) is 7.94. The van der Waals surface area contributed by atoms with E-state index in [1.54, 1.807) is 17.6 Å². The highest BCUT2D eigenvalue weighted by Gasteiger charge is 2.41. The number of aromatic nitrogens is 1. The molecule has 4 rings (SSSR count). The number of hydrogen-bond acceptors (Lipinski definition) is 5. The first kappa shape index (κ1) is 20.1. The van der Waals surface area contributed by atoms with Crippen molar-refractivity contribution in [1.82, 2.24) is 19.1 Å². The summed E-state index contributed by atoms with van der Waals surface area (Å²) in [5, 5.41) is 19.7. The summed E-state index contributed by atoms with van der Waals surface area (Å²) >= 11 is 0. The summed E-state index contributed by atoms with van der Waals surface area (Å²) in [6.45, 7) is 1.01. The van der Waals surface area contributed by atoms with Gasteiger partial charge in [0.2, 0.25) is 0 Å². The minimum absolute atomic E-state index is 0.190. The number of carbonyl (C=O) groups excluding carboxylic acids is 1. The lowest BCUT2D eigenvalue weighted by Gasteiger charge is -2.39. The molecule has 1 aromatic carbocycles. The zero-order valence-corrected chi connectivity index (χ0v) is 16.9. The number of hydroxylamine groups is 1. The van der Waals surface area contributed by atoms with Crippen molar-refractivity contribution in [1.29, 1.82) is 0 Å². The average Bonchev–Trinajstić information content (AvgIpc) is 3.16. The van der Waals surface area contributed by atoms with Gasteiger partial charge in [-0.05, 0) is 55.4 Å². The largest absolute Gasteiger partial charge is 0.508 e. The number of piperidine rings is 2. The molecule has 0 spiro atoms. The third kappa shape index (κ3) is 3.73. The Bertz CT molecular complexity index is 997. The number of carbonyl (C=O) groups is 1. The summed E-state index contributed by atoms with van der Waals surface area (Å²) < 4.78 is 29.0. The van der Waals surface area contributed by atoms with Gasteiger partial charge in [-0.2, -0.15) is 17.0 Å². The number of nitrogens with zero attached hydrogens (tertiary/aromatic N) is 2. The van der Waals surface area contributed by atoms with Crippen molar-refractivity contribution in [3.63, 3.8) is 0 Å². The van der Waals surface area contributed by atoms with Crippen molar-refractivity contribution in [3.8, 4) is 5.75 Å². The molecule has 2 aliphatic rings. The molecule has 4 N–H and O–H groups in total. The van der Waals surface area contributed by atoms with Gasteiger partial charge in [-0.15, -0.1) is 0 Å². The minimum Gasteiger partial charge on any atom is -0.508 e. The quantitative estimate of drug-likeness (QED) is 0.440. The summed E-state index contributed by atoms with van der Waals surface area (Å²) in [6, 6.07) is 4.33. The number of fused-ring (bicyclic) bond motifs is 1. The van der Waals surface area contributed by atoms with Crippen LogP contribution in [0.25, 0.3) is 10.9 Å². The molecule has 2 fully saturated rings. The van der Waals surface area contributed by atoms with Crippen LogP contribution in [0.1, 0.15) is 43.6 Å². The monoisotopic (exact) mass is 422 g/mol. The van der Waals surface area contributed by atoms with Crippen molar-refractivity contribution < 1.29 is 23.5 Å². The van der Waals surface area contributed by atoms with Gasteiger partial charge in [-0.3, -0.25) is 10.0 Å². The van der Waals surface area contributed by atoms with E-state index < -0.39 is 22.2 Å². The van der Waals surface area contributed by atoms with Gasteiger partial charge in [0.25, 0.3) is 16.1 Å². The molecule has 1 amide bonds. The van der Waals surface area contributed by atoms with Crippen LogP contribution in [0.3, 0.4) is 0 Å². The van der Waals surface area contributed by atoms with E-state index in [4.69, 9.17) is 5.21 Å². The first-order valence-electron chi connectivity index (χ1n) is 9.92. The Morgan fingerprint density at radius 2 is 1.90 bits per heavy atom. The van der Waals surface area contributed by atoms with Gasteiger partial charge in [0.15, 0.2) is 0 Å². The van der Waals surface area contributed by atoms with E-state index in [2.05, 4.69) is 4.98 Å². The number of aromatic amines is 1. The molecule has 158 valence electrons. The Balaban J connectivity index is 1.49. The zero-order valence-electron chi connectivity index (χ0n) is 16.0. The lowest BCUT2D eigenvalue weighted by Crippen LogP contribution is -2.56. The second-order valence-corrected chi connectivity index (χ2v) is 9.63. The molecule has 0 bridgehead atoms. The SMILES string of the molecule is O=C(NO)C1CCCCN1S(=O)(=O)N1CCC(c2c[nH]c3ccc(O)cc23)CC1. The highest BCUT2D eigenvalue weighted by molar-refractivity contribution is 7.86. The summed E-state index contributed by atoms with van der Waals surface area (Å²) in [6.07, 6.45) is 5.11. The number of hydrogen-bond donors (Lipinski definition) is 4. The number of aromatic hydroxyl groups is 1. The number of phenols is 1. The molecule has 2 aromatic rings. The molecule has 9 nitrogen and oxygen atoms in total. The molecule has 0 radical (unpaired) electrons. The van der Waals surface area contributed by atoms with Crippen LogP contribution in [0.5, 0.6) is 5.75 Å². The predicted molar refractivity (Wildman–Crippen MR) is 107 cm³/mol. The standard InChI is InChI=1S/C19H26N4O5S/c24-14-4-5-17-15(11-14)16(12-20-17)13-6-9-22(10-7-13)29(27,28)23-8-2-1-3-18(23)19(25)21-26/h4-5,11-13,18,20,24,26H,1-3,6-10H2,(H,21,25). The van der Waals surface area contributed by atoms with Gasteiger partial charge in [0, 0.05) is 36.7 Å². The number of amides is 1. The maximum Gasteiger partial charge on any atom is 0.282 e. The Morgan fingerprint density at radius 3 is 2.62 bits per heavy atom. The molecular weight excluding hydrogens is 396 g/mol. The second-order valence-electron chi connectivity index (χ2n) is 7.75. The van der Waals surface area contributed by atoms with Gasteiger partial charge in [-0.1, -0.05) is 6.42 Å². The molecule has 0 saturated carbocycles. The summed E-state index contributed by atoms with van der Waals surface area (Å²) in [5.41, 5.74) is 3.63. The average molecular weight is 423 g/mol. The normalized spacial score (nSPS) is 22.7. The Labute approximate surface area is 169 Å². The third-order valence-electron chi connectivity index (χ3n) is 6.08. The fourth-order valence-corrected chi connectivity index (χ4v) is 6.38. The van der Waals surface area contributed by atoms with Crippen LogP contribution in [0.2, 0.25) is 0 Å². The van der Waals surface area contributed by atoms with Crippen molar-refractivity contribution in [3.05, 3.63) is 30.0 Å². The van der Waals surface area contributed by atoms with E-state index in [0.29, 0.717) is 38.8 Å². The van der Waals surface area contributed by atoms with Crippen LogP contribution in [0.15, 0.2) is 24.4 Å². The highest BCUT2D eigenvalue weighted by atomic mass is 32.2. The first-order valence-corrected chi connectivity index (χ1v) is 11.3. The van der Waals surface area contributed by atoms with Crippen LogP contribution in [-0.2, 0) is 15.0 Å². The summed E-state index contributed by atoms with van der Waals surface area (Å²) in [7, 11) is -3.78. The fourth-order valence-electron chi connectivity index (χ4n) is 4.53. The summed E-state index contributed by atoms with van der Waals surface area (Å²) in [5.74, 6) is -0.284.